The van der Waals surface area contributed by atoms with Crippen molar-refractivity contribution in [3.8, 4) is 11.5 Å². The van der Waals surface area contributed by atoms with Crippen LogP contribution in [-0.2, 0) is 4.79 Å². The van der Waals surface area contributed by atoms with Crippen LogP contribution in [0.5, 0.6) is 11.5 Å². The normalized spacial score (nSPS) is 23.1. The standard InChI is InChI=1S/C26H25N3O3S/c1-16-8-12-18(13-9-16)29-25(33)28-23-20-6-4-5-7-21(20)32-26(29,2)22(23)24(30)27-17-10-14-19(31-3)15-11-17/h4-15,22-23H,1-3H3,(H,27,30)(H,28,33)/t22-,23+,26-/m0/s1. The van der Waals surface area contributed by atoms with Gasteiger partial charge in [-0.2, -0.15) is 0 Å². The molecule has 2 aliphatic rings. The number of aryl methyl sites for hydroxylation is 1. The second-order valence-corrected chi connectivity index (χ2v) is 8.87. The maximum Gasteiger partial charge on any atom is 0.236 e. The zero-order chi connectivity index (χ0) is 23.2. The van der Waals surface area contributed by atoms with E-state index in [2.05, 4.69) is 10.6 Å². The van der Waals surface area contributed by atoms with Crippen LogP contribution in [0.25, 0.3) is 0 Å². The van der Waals surface area contributed by atoms with Crippen molar-refractivity contribution in [1.29, 1.82) is 0 Å². The molecule has 33 heavy (non-hydrogen) atoms. The van der Waals surface area contributed by atoms with Crippen molar-refractivity contribution in [2.45, 2.75) is 25.6 Å². The molecule has 3 atom stereocenters. The van der Waals surface area contributed by atoms with E-state index in [4.69, 9.17) is 21.7 Å². The molecule has 2 N–H and O–H groups in total. The van der Waals surface area contributed by atoms with E-state index >= 15 is 0 Å². The molecule has 1 saturated heterocycles. The maximum absolute atomic E-state index is 13.8. The van der Waals surface area contributed by atoms with Crippen LogP contribution in [0.4, 0.5) is 11.4 Å². The molecule has 168 valence electrons. The zero-order valence-corrected chi connectivity index (χ0v) is 19.5. The van der Waals surface area contributed by atoms with E-state index in [0.29, 0.717) is 10.8 Å². The number of para-hydroxylation sites is 1. The number of fused-ring (bicyclic) bond motifs is 4. The van der Waals surface area contributed by atoms with Crippen LogP contribution in [0, 0.1) is 12.8 Å². The van der Waals surface area contributed by atoms with Gasteiger partial charge in [0.25, 0.3) is 0 Å². The average molecular weight is 460 g/mol. The molecule has 0 radical (unpaired) electrons. The van der Waals surface area contributed by atoms with Gasteiger partial charge >= 0.3 is 0 Å². The Hall–Kier alpha value is -3.58. The Kier molecular flexibility index (Phi) is 5.21. The molecule has 2 aliphatic heterocycles. The van der Waals surface area contributed by atoms with Crippen molar-refractivity contribution in [3.05, 3.63) is 83.9 Å². The highest BCUT2D eigenvalue weighted by molar-refractivity contribution is 7.80. The monoisotopic (exact) mass is 459 g/mol. The number of hydrogen-bond acceptors (Lipinski definition) is 4. The lowest BCUT2D eigenvalue weighted by Crippen LogP contribution is -2.72. The largest absolute Gasteiger partial charge is 0.497 e. The number of hydrogen-bond donors (Lipinski definition) is 2. The minimum atomic E-state index is -1.03. The number of amides is 1. The summed E-state index contributed by atoms with van der Waals surface area (Å²) in [7, 11) is 1.61. The first-order chi connectivity index (χ1) is 15.9. The summed E-state index contributed by atoms with van der Waals surface area (Å²) in [6.07, 6.45) is 0. The second-order valence-electron chi connectivity index (χ2n) is 8.49. The lowest BCUT2D eigenvalue weighted by Gasteiger charge is -2.56. The van der Waals surface area contributed by atoms with E-state index in [1.54, 1.807) is 7.11 Å². The zero-order valence-electron chi connectivity index (χ0n) is 18.7. The molecule has 0 unspecified atom stereocenters. The van der Waals surface area contributed by atoms with Crippen LogP contribution in [0.3, 0.4) is 0 Å². The fourth-order valence-corrected chi connectivity index (χ4v) is 5.12. The number of rotatable bonds is 4. The molecule has 6 nitrogen and oxygen atoms in total. The van der Waals surface area contributed by atoms with Crippen LogP contribution < -0.4 is 25.0 Å². The number of benzene rings is 3. The van der Waals surface area contributed by atoms with Gasteiger partial charge < -0.3 is 20.1 Å². The van der Waals surface area contributed by atoms with Crippen molar-refractivity contribution in [2.75, 3.05) is 17.3 Å². The molecule has 0 aliphatic carbocycles. The summed E-state index contributed by atoms with van der Waals surface area (Å²) in [5, 5.41) is 7.01. The van der Waals surface area contributed by atoms with Crippen LogP contribution in [0.15, 0.2) is 72.8 Å². The van der Waals surface area contributed by atoms with Crippen LogP contribution >= 0.6 is 12.2 Å². The number of nitrogens with zero attached hydrogens (tertiary/aromatic N) is 1. The van der Waals surface area contributed by atoms with Crippen molar-refractivity contribution in [3.63, 3.8) is 0 Å². The number of methoxy groups -OCH3 is 1. The highest BCUT2D eigenvalue weighted by atomic mass is 32.1. The smallest absolute Gasteiger partial charge is 0.236 e. The first-order valence-electron chi connectivity index (χ1n) is 10.8. The van der Waals surface area contributed by atoms with Crippen LogP contribution in [0.1, 0.15) is 24.1 Å². The first kappa shape index (κ1) is 21.3. The summed E-state index contributed by atoms with van der Waals surface area (Å²) >= 11 is 5.78. The molecule has 5 rings (SSSR count). The number of nitrogens with one attached hydrogen (secondary N) is 2. The molecular weight excluding hydrogens is 434 g/mol. The molecule has 3 aromatic carbocycles. The molecule has 0 spiro atoms. The van der Waals surface area contributed by atoms with Gasteiger partial charge in [0.1, 0.15) is 17.4 Å². The number of carbonyl (C=O) groups is 1. The molecule has 2 bridgehead atoms. The van der Waals surface area contributed by atoms with E-state index in [1.165, 1.54) is 0 Å². The Balaban J connectivity index is 1.58. The van der Waals surface area contributed by atoms with Gasteiger partial charge in [-0.05, 0) is 68.5 Å². The lowest BCUT2D eigenvalue weighted by atomic mass is 9.78. The van der Waals surface area contributed by atoms with Gasteiger partial charge in [-0.3, -0.25) is 9.69 Å². The Bertz CT molecular complexity index is 1210. The third kappa shape index (κ3) is 3.58. The van der Waals surface area contributed by atoms with Gasteiger partial charge in [0.15, 0.2) is 10.8 Å². The summed E-state index contributed by atoms with van der Waals surface area (Å²) in [5.74, 6) is 0.728. The first-order valence-corrected chi connectivity index (χ1v) is 11.2. The highest BCUT2D eigenvalue weighted by Crippen LogP contribution is 2.49. The van der Waals surface area contributed by atoms with Gasteiger partial charge in [-0.15, -0.1) is 0 Å². The second kappa shape index (κ2) is 8.08. The third-order valence-electron chi connectivity index (χ3n) is 6.34. The third-order valence-corrected chi connectivity index (χ3v) is 6.64. The molecule has 1 fully saturated rings. The Morgan fingerprint density at radius 2 is 1.79 bits per heavy atom. The van der Waals surface area contributed by atoms with Crippen molar-refractivity contribution < 1.29 is 14.3 Å². The average Bonchev–Trinajstić information content (AvgIpc) is 2.80. The van der Waals surface area contributed by atoms with Crippen molar-refractivity contribution in [2.24, 2.45) is 5.92 Å². The summed E-state index contributed by atoms with van der Waals surface area (Å²) < 4.78 is 11.8. The van der Waals surface area contributed by atoms with Gasteiger partial charge in [0, 0.05) is 16.9 Å². The van der Waals surface area contributed by atoms with E-state index in [1.807, 2.05) is 91.5 Å². The molecule has 7 heteroatoms. The van der Waals surface area contributed by atoms with Crippen molar-refractivity contribution in [1.82, 2.24) is 5.32 Å². The Morgan fingerprint density at radius 3 is 2.48 bits per heavy atom. The minimum Gasteiger partial charge on any atom is -0.497 e. The Labute approximate surface area is 198 Å². The van der Waals surface area contributed by atoms with E-state index in [0.717, 1.165) is 28.3 Å². The number of thiocarbonyl (C=S) groups is 1. The summed E-state index contributed by atoms with van der Waals surface area (Å²) in [4.78, 5) is 15.7. The summed E-state index contributed by atoms with van der Waals surface area (Å²) in [5.41, 5.74) is 2.57. The van der Waals surface area contributed by atoms with Crippen molar-refractivity contribution >= 4 is 34.6 Å². The summed E-state index contributed by atoms with van der Waals surface area (Å²) in [6.45, 7) is 3.97. The molecule has 0 aromatic heterocycles. The quantitative estimate of drug-likeness (QED) is 0.547. The molecular formula is C26H25N3O3S. The van der Waals surface area contributed by atoms with E-state index < -0.39 is 11.6 Å². The predicted octanol–water partition coefficient (Wildman–Crippen LogP) is 4.80. The fraction of sp³-hybridized carbons (Fsp3) is 0.231. The van der Waals surface area contributed by atoms with Gasteiger partial charge in [-0.25, -0.2) is 0 Å². The van der Waals surface area contributed by atoms with E-state index in [9.17, 15) is 4.79 Å². The Morgan fingerprint density at radius 1 is 1.09 bits per heavy atom. The number of ether oxygens (including phenoxy) is 2. The molecule has 0 saturated carbocycles. The van der Waals surface area contributed by atoms with E-state index in [-0.39, 0.29) is 11.9 Å². The van der Waals surface area contributed by atoms with Gasteiger partial charge in [0.05, 0.1) is 13.2 Å². The number of carbonyl (C=O) groups excluding carboxylic acids is 1. The van der Waals surface area contributed by atoms with Gasteiger partial charge in [0.2, 0.25) is 5.91 Å². The topological polar surface area (TPSA) is 62.8 Å². The molecule has 1 amide bonds. The van der Waals surface area contributed by atoms with Crippen LogP contribution in [0.2, 0.25) is 0 Å². The maximum atomic E-state index is 13.8. The molecule has 3 aromatic rings. The predicted molar refractivity (Wildman–Crippen MR) is 133 cm³/mol. The van der Waals surface area contributed by atoms with Crippen LogP contribution in [-0.4, -0.2) is 23.9 Å². The highest BCUT2D eigenvalue weighted by Gasteiger charge is 2.59. The summed E-state index contributed by atoms with van der Waals surface area (Å²) in [6, 6.07) is 22.8. The minimum absolute atomic E-state index is 0.158. The van der Waals surface area contributed by atoms with Gasteiger partial charge in [-0.1, -0.05) is 35.9 Å². The lowest BCUT2D eigenvalue weighted by molar-refractivity contribution is -0.130. The number of anilines is 2. The molecule has 2 heterocycles. The SMILES string of the molecule is COc1ccc(NC(=O)[C@@H]2[C@@H]3NC(=S)N(c4ccc(C)cc4)[C@@]2(C)Oc2ccccc23)cc1. The fourth-order valence-electron chi connectivity index (χ4n) is 4.71.